The second kappa shape index (κ2) is 5.14. The molecular formula is C11H16N2S. The molecule has 0 aromatic carbocycles. The summed E-state index contributed by atoms with van der Waals surface area (Å²) in [4.78, 5) is 3.41. The first kappa shape index (κ1) is 11.2. The molecule has 1 rings (SSSR count). The summed E-state index contributed by atoms with van der Waals surface area (Å²) in [6.07, 6.45) is 0.900. The number of thiophene rings is 1. The molecule has 0 radical (unpaired) electrons. The summed E-state index contributed by atoms with van der Waals surface area (Å²) in [5, 5.41) is 11.1. The first-order chi connectivity index (χ1) is 6.70. The SMILES string of the molecule is CCC(C#N)C(c1cccs1)N(C)C. The summed E-state index contributed by atoms with van der Waals surface area (Å²) in [6, 6.07) is 6.78. The van der Waals surface area contributed by atoms with Crippen molar-refractivity contribution in [3.05, 3.63) is 22.4 Å². The number of rotatable bonds is 4. The van der Waals surface area contributed by atoms with Crippen LogP contribution in [0.15, 0.2) is 17.5 Å². The molecule has 1 heterocycles. The van der Waals surface area contributed by atoms with E-state index in [1.54, 1.807) is 11.3 Å². The zero-order valence-electron chi connectivity index (χ0n) is 8.90. The van der Waals surface area contributed by atoms with Crippen molar-refractivity contribution in [2.24, 2.45) is 5.92 Å². The fourth-order valence-corrected chi connectivity index (χ4v) is 2.64. The van der Waals surface area contributed by atoms with E-state index in [1.807, 2.05) is 20.2 Å². The van der Waals surface area contributed by atoms with E-state index in [-0.39, 0.29) is 12.0 Å². The topological polar surface area (TPSA) is 27.0 Å². The fraction of sp³-hybridized carbons (Fsp3) is 0.545. The molecule has 0 spiro atoms. The van der Waals surface area contributed by atoms with E-state index in [0.717, 1.165) is 6.42 Å². The molecule has 2 unspecified atom stereocenters. The zero-order chi connectivity index (χ0) is 10.6. The smallest absolute Gasteiger partial charge is 0.0676 e. The van der Waals surface area contributed by atoms with Crippen molar-refractivity contribution in [1.29, 1.82) is 5.26 Å². The fourth-order valence-electron chi connectivity index (χ4n) is 1.66. The predicted molar refractivity (Wildman–Crippen MR) is 60.1 cm³/mol. The number of hydrogen-bond acceptors (Lipinski definition) is 3. The van der Waals surface area contributed by atoms with Crippen molar-refractivity contribution in [3.8, 4) is 6.07 Å². The van der Waals surface area contributed by atoms with E-state index in [4.69, 9.17) is 5.26 Å². The van der Waals surface area contributed by atoms with Crippen LogP contribution in [0.25, 0.3) is 0 Å². The lowest BCUT2D eigenvalue weighted by molar-refractivity contribution is 0.245. The average molecular weight is 208 g/mol. The van der Waals surface area contributed by atoms with Gasteiger partial charge in [0.15, 0.2) is 0 Å². The minimum absolute atomic E-state index is 0.0867. The van der Waals surface area contributed by atoms with Crippen molar-refractivity contribution < 1.29 is 0 Å². The maximum absolute atomic E-state index is 9.07. The summed E-state index contributed by atoms with van der Waals surface area (Å²) < 4.78 is 0. The van der Waals surface area contributed by atoms with Crippen LogP contribution in [0.4, 0.5) is 0 Å². The first-order valence-corrected chi connectivity index (χ1v) is 5.68. The highest BCUT2D eigenvalue weighted by atomic mass is 32.1. The Kier molecular flexibility index (Phi) is 4.12. The first-order valence-electron chi connectivity index (χ1n) is 4.80. The van der Waals surface area contributed by atoms with E-state index in [1.165, 1.54) is 4.88 Å². The second-order valence-corrected chi connectivity index (χ2v) is 4.55. The predicted octanol–water partition coefficient (Wildman–Crippen LogP) is 2.90. The molecule has 0 aliphatic heterocycles. The lowest BCUT2D eigenvalue weighted by Gasteiger charge is -2.26. The average Bonchev–Trinajstić information content (AvgIpc) is 2.65. The van der Waals surface area contributed by atoms with Gasteiger partial charge in [-0.05, 0) is 32.0 Å². The molecule has 2 atom stereocenters. The molecule has 2 nitrogen and oxygen atoms in total. The molecule has 0 bridgehead atoms. The second-order valence-electron chi connectivity index (χ2n) is 3.57. The van der Waals surface area contributed by atoms with Gasteiger partial charge in [0.25, 0.3) is 0 Å². The molecule has 0 N–H and O–H groups in total. The zero-order valence-corrected chi connectivity index (χ0v) is 9.71. The number of hydrogen-bond donors (Lipinski definition) is 0. The summed E-state index contributed by atoms with van der Waals surface area (Å²) in [5.41, 5.74) is 0. The summed E-state index contributed by atoms with van der Waals surface area (Å²) in [6.45, 7) is 2.07. The molecule has 14 heavy (non-hydrogen) atoms. The maximum Gasteiger partial charge on any atom is 0.0676 e. The molecule has 1 aromatic heterocycles. The lowest BCUT2D eigenvalue weighted by atomic mass is 9.96. The van der Waals surface area contributed by atoms with E-state index in [0.29, 0.717) is 0 Å². The minimum atomic E-state index is 0.0867. The standard InChI is InChI=1S/C11H16N2S/c1-4-9(8-12)11(13(2)3)10-6-5-7-14-10/h5-7,9,11H,4H2,1-3H3. The van der Waals surface area contributed by atoms with Gasteiger partial charge in [0.2, 0.25) is 0 Å². The Morgan fingerprint density at radius 3 is 2.64 bits per heavy atom. The van der Waals surface area contributed by atoms with Gasteiger partial charge in [-0.1, -0.05) is 13.0 Å². The van der Waals surface area contributed by atoms with Crippen molar-refractivity contribution in [2.75, 3.05) is 14.1 Å². The molecule has 1 aromatic rings. The Balaban J connectivity index is 2.91. The van der Waals surface area contributed by atoms with Crippen LogP contribution in [0.1, 0.15) is 24.3 Å². The minimum Gasteiger partial charge on any atom is -0.300 e. The molecule has 0 amide bonds. The van der Waals surface area contributed by atoms with Gasteiger partial charge in [-0.15, -0.1) is 11.3 Å². The van der Waals surface area contributed by atoms with Gasteiger partial charge in [0.1, 0.15) is 0 Å². The van der Waals surface area contributed by atoms with E-state index >= 15 is 0 Å². The molecule has 0 aliphatic rings. The Morgan fingerprint density at radius 2 is 2.29 bits per heavy atom. The molecule has 0 saturated carbocycles. The Morgan fingerprint density at radius 1 is 1.57 bits per heavy atom. The van der Waals surface area contributed by atoms with Gasteiger partial charge in [-0.3, -0.25) is 0 Å². The van der Waals surface area contributed by atoms with E-state index in [9.17, 15) is 0 Å². The van der Waals surface area contributed by atoms with Crippen LogP contribution in [-0.4, -0.2) is 19.0 Å². The van der Waals surface area contributed by atoms with Crippen LogP contribution in [0, 0.1) is 17.2 Å². The third-order valence-corrected chi connectivity index (χ3v) is 3.32. The van der Waals surface area contributed by atoms with E-state index < -0.39 is 0 Å². The van der Waals surface area contributed by atoms with Crippen molar-refractivity contribution >= 4 is 11.3 Å². The maximum atomic E-state index is 9.07. The molecular weight excluding hydrogens is 192 g/mol. The van der Waals surface area contributed by atoms with Crippen molar-refractivity contribution in [2.45, 2.75) is 19.4 Å². The van der Waals surface area contributed by atoms with Crippen molar-refractivity contribution in [1.82, 2.24) is 4.90 Å². The third-order valence-electron chi connectivity index (χ3n) is 2.38. The molecule has 3 heteroatoms. The van der Waals surface area contributed by atoms with Gasteiger partial charge in [0.05, 0.1) is 18.0 Å². The van der Waals surface area contributed by atoms with Gasteiger partial charge < -0.3 is 4.90 Å². The highest BCUT2D eigenvalue weighted by Crippen LogP contribution is 2.31. The van der Waals surface area contributed by atoms with Crippen LogP contribution < -0.4 is 0 Å². The Bertz CT molecular complexity index is 298. The highest BCUT2D eigenvalue weighted by molar-refractivity contribution is 7.10. The lowest BCUT2D eigenvalue weighted by Crippen LogP contribution is -2.25. The van der Waals surface area contributed by atoms with Gasteiger partial charge in [-0.25, -0.2) is 0 Å². The van der Waals surface area contributed by atoms with Crippen LogP contribution in [-0.2, 0) is 0 Å². The molecule has 0 saturated heterocycles. The number of nitrogens with zero attached hydrogens (tertiary/aromatic N) is 2. The van der Waals surface area contributed by atoms with Crippen LogP contribution in [0.5, 0.6) is 0 Å². The largest absolute Gasteiger partial charge is 0.300 e. The van der Waals surface area contributed by atoms with Gasteiger partial charge in [-0.2, -0.15) is 5.26 Å². The van der Waals surface area contributed by atoms with Crippen molar-refractivity contribution in [3.63, 3.8) is 0 Å². The Hall–Kier alpha value is -0.850. The molecule has 76 valence electrons. The quantitative estimate of drug-likeness (QED) is 0.760. The van der Waals surface area contributed by atoms with Crippen LogP contribution in [0.2, 0.25) is 0 Å². The van der Waals surface area contributed by atoms with Crippen LogP contribution in [0.3, 0.4) is 0 Å². The number of nitriles is 1. The molecule has 0 fully saturated rings. The highest BCUT2D eigenvalue weighted by Gasteiger charge is 2.24. The summed E-state index contributed by atoms with van der Waals surface area (Å²) in [5.74, 6) is 0.0867. The third kappa shape index (κ3) is 2.34. The summed E-state index contributed by atoms with van der Waals surface area (Å²) in [7, 11) is 4.06. The normalized spacial score (nSPS) is 15.1. The van der Waals surface area contributed by atoms with Crippen LogP contribution >= 0.6 is 11.3 Å². The monoisotopic (exact) mass is 208 g/mol. The van der Waals surface area contributed by atoms with E-state index in [2.05, 4.69) is 29.3 Å². The molecule has 0 aliphatic carbocycles. The van der Waals surface area contributed by atoms with Gasteiger partial charge in [0, 0.05) is 4.88 Å². The summed E-state index contributed by atoms with van der Waals surface area (Å²) >= 11 is 1.73. The Labute approximate surface area is 89.8 Å². The van der Waals surface area contributed by atoms with Gasteiger partial charge >= 0.3 is 0 Å².